The predicted octanol–water partition coefficient (Wildman–Crippen LogP) is 1.41. The minimum absolute atomic E-state index is 0.0186. The Bertz CT molecular complexity index is 502. The molecule has 1 aromatic rings. The van der Waals surface area contributed by atoms with Crippen LogP contribution in [0.1, 0.15) is 18.4 Å². The molecule has 0 unspecified atom stereocenters. The Morgan fingerprint density at radius 3 is 2.36 bits per heavy atom. The average Bonchev–Trinajstić information content (AvgIpc) is 2.56. The minimum Gasteiger partial charge on any atom is -0.469 e. The Kier molecular flexibility index (Phi) is 7.45. The maximum absolute atomic E-state index is 11.7. The lowest BCUT2D eigenvalue weighted by atomic mass is 10.1. The fourth-order valence-electron chi connectivity index (χ4n) is 1.66. The highest BCUT2D eigenvalue weighted by Gasteiger charge is 2.23. The summed E-state index contributed by atoms with van der Waals surface area (Å²) in [4.78, 5) is 34.4. The molecule has 0 bridgehead atoms. The van der Waals surface area contributed by atoms with Crippen LogP contribution in [0.4, 0.5) is 4.79 Å². The standard InChI is InChI=1S/C15H19NO6/c1-20-13(17)9-8-12(14(18)21-2)16-15(19)22-10-11-6-4-3-5-7-11/h3-7,12H,8-10H2,1-2H3,(H,16,19)/t12-/m1/s1. The summed E-state index contributed by atoms with van der Waals surface area (Å²) in [6.07, 6.45) is -0.709. The van der Waals surface area contributed by atoms with Gasteiger partial charge in [-0.2, -0.15) is 0 Å². The van der Waals surface area contributed by atoms with Crippen molar-refractivity contribution in [2.24, 2.45) is 0 Å². The summed E-state index contributed by atoms with van der Waals surface area (Å²) < 4.78 is 14.1. The number of benzene rings is 1. The van der Waals surface area contributed by atoms with Gasteiger partial charge in [-0.15, -0.1) is 0 Å². The van der Waals surface area contributed by atoms with Gasteiger partial charge in [0.05, 0.1) is 14.2 Å². The first-order valence-electron chi connectivity index (χ1n) is 6.68. The molecule has 1 amide bonds. The topological polar surface area (TPSA) is 90.9 Å². The molecular formula is C15H19NO6. The van der Waals surface area contributed by atoms with E-state index in [-0.39, 0.29) is 19.4 Å². The fourth-order valence-corrected chi connectivity index (χ4v) is 1.66. The molecule has 0 aliphatic carbocycles. The predicted molar refractivity (Wildman–Crippen MR) is 76.8 cm³/mol. The highest BCUT2D eigenvalue weighted by Crippen LogP contribution is 2.04. The summed E-state index contributed by atoms with van der Waals surface area (Å²) in [7, 11) is 2.45. The van der Waals surface area contributed by atoms with E-state index in [0.717, 1.165) is 5.56 Å². The second-order valence-electron chi connectivity index (χ2n) is 4.40. The van der Waals surface area contributed by atoms with Crippen molar-refractivity contribution < 1.29 is 28.6 Å². The zero-order valence-corrected chi connectivity index (χ0v) is 12.5. The van der Waals surface area contributed by atoms with Gasteiger partial charge in [-0.25, -0.2) is 9.59 Å². The summed E-state index contributed by atoms with van der Waals surface area (Å²) in [6, 6.07) is 8.15. The Hall–Kier alpha value is -2.57. The van der Waals surface area contributed by atoms with Gasteiger partial charge in [-0.05, 0) is 12.0 Å². The number of ether oxygens (including phenoxy) is 3. The first kappa shape index (κ1) is 17.5. The van der Waals surface area contributed by atoms with Gasteiger partial charge in [0, 0.05) is 6.42 Å². The molecule has 0 aliphatic rings. The second kappa shape index (κ2) is 9.38. The number of methoxy groups -OCH3 is 2. The number of carbonyl (C=O) groups is 3. The van der Waals surface area contributed by atoms with Gasteiger partial charge in [0.2, 0.25) is 0 Å². The van der Waals surface area contributed by atoms with Gasteiger partial charge in [0.15, 0.2) is 0 Å². The van der Waals surface area contributed by atoms with Gasteiger partial charge >= 0.3 is 18.0 Å². The maximum Gasteiger partial charge on any atom is 0.408 e. The SMILES string of the molecule is COC(=O)CC[C@@H](NC(=O)OCc1ccccc1)C(=O)OC. The van der Waals surface area contributed by atoms with Gasteiger partial charge in [0.1, 0.15) is 12.6 Å². The maximum atomic E-state index is 11.7. The summed E-state index contributed by atoms with van der Waals surface area (Å²) in [5.41, 5.74) is 0.821. The Morgan fingerprint density at radius 2 is 1.77 bits per heavy atom. The number of amides is 1. The normalized spacial score (nSPS) is 11.2. The third-order valence-electron chi connectivity index (χ3n) is 2.86. The van der Waals surface area contributed by atoms with Gasteiger partial charge in [-0.3, -0.25) is 4.79 Å². The summed E-state index contributed by atoms with van der Waals surface area (Å²) in [5, 5.41) is 2.37. The number of hydrogen-bond acceptors (Lipinski definition) is 6. The highest BCUT2D eigenvalue weighted by molar-refractivity contribution is 5.82. The summed E-state index contributed by atoms with van der Waals surface area (Å²) in [5.74, 6) is -1.13. The third kappa shape index (κ3) is 6.25. The summed E-state index contributed by atoms with van der Waals surface area (Å²) >= 11 is 0. The molecular weight excluding hydrogens is 290 g/mol. The van der Waals surface area contributed by atoms with Crippen LogP contribution in [0.3, 0.4) is 0 Å². The van der Waals surface area contributed by atoms with E-state index in [1.54, 1.807) is 0 Å². The minimum atomic E-state index is -0.965. The van der Waals surface area contributed by atoms with Crippen molar-refractivity contribution in [2.45, 2.75) is 25.5 Å². The smallest absolute Gasteiger partial charge is 0.408 e. The number of rotatable bonds is 7. The molecule has 0 heterocycles. The first-order valence-corrected chi connectivity index (χ1v) is 6.68. The molecule has 0 aliphatic heterocycles. The zero-order valence-electron chi connectivity index (χ0n) is 12.5. The number of nitrogens with one attached hydrogen (secondary N) is 1. The number of esters is 2. The van der Waals surface area contributed by atoms with Crippen LogP contribution in [-0.4, -0.2) is 38.3 Å². The molecule has 1 N–H and O–H groups in total. The van der Waals surface area contributed by atoms with Gasteiger partial charge in [-0.1, -0.05) is 30.3 Å². The quantitative estimate of drug-likeness (QED) is 0.605. The van der Waals surface area contributed by atoms with E-state index in [9.17, 15) is 14.4 Å². The van der Waals surface area contributed by atoms with E-state index in [2.05, 4.69) is 14.8 Å². The Labute approximate surface area is 128 Å². The molecule has 1 aromatic carbocycles. The van der Waals surface area contributed by atoms with Crippen molar-refractivity contribution in [3.05, 3.63) is 35.9 Å². The van der Waals surface area contributed by atoms with Crippen LogP contribution in [0, 0.1) is 0 Å². The average molecular weight is 309 g/mol. The fraction of sp³-hybridized carbons (Fsp3) is 0.400. The van der Waals surface area contributed by atoms with Crippen LogP contribution in [0.2, 0.25) is 0 Å². The van der Waals surface area contributed by atoms with Crippen molar-refractivity contribution in [2.75, 3.05) is 14.2 Å². The van der Waals surface area contributed by atoms with Crippen LogP contribution in [0.25, 0.3) is 0 Å². The first-order chi connectivity index (χ1) is 10.6. The van der Waals surface area contributed by atoms with E-state index >= 15 is 0 Å². The molecule has 0 aromatic heterocycles. The monoisotopic (exact) mass is 309 g/mol. The molecule has 120 valence electrons. The van der Waals surface area contributed by atoms with E-state index in [1.165, 1.54) is 14.2 Å². The van der Waals surface area contributed by atoms with E-state index in [0.29, 0.717) is 0 Å². The highest BCUT2D eigenvalue weighted by atomic mass is 16.6. The molecule has 7 heteroatoms. The van der Waals surface area contributed by atoms with Crippen molar-refractivity contribution >= 4 is 18.0 Å². The van der Waals surface area contributed by atoms with Crippen molar-refractivity contribution in [3.8, 4) is 0 Å². The molecule has 1 atom stereocenters. The largest absolute Gasteiger partial charge is 0.469 e. The lowest BCUT2D eigenvalue weighted by molar-refractivity contribution is -0.144. The number of alkyl carbamates (subject to hydrolysis) is 1. The Morgan fingerprint density at radius 1 is 1.09 bits per heavy atom. The van der Waals surface area contributed by atoms with Crippen molar-refractivity contribution in [3.63, 3.8) is 0 Å². The molecule has 22 heavy (non-hydrogen) atoms. The van der Waals surface area contributed by atoms with Gasteiger partial charge in [0.25, 0.3) is 0 Å². The van der Waals surface area contributed by atoms with Crippen LogP contribution >= 0.6 is 0 Å². The lowest BCUT2D eigenvalue weighted by Gasteiger charge is -2.15. The lowest BCUT2D eigenvalue weighted by Crippen LogP contribution is -2.42. The second-order valence-corrected chi connectivity index (χ2v) is 4.40. The third-order valence-corrected chi connectivity index (χ3v) is 2.86. The van der Waals surface area contributed by atoms with Crippen LogP contribution in [-0.2, 0) is 30.4 Å². The summed E-state index contributed by atoms with van der Waals surface area (Å²) in [6.45, 7) is 0.0809. The molecule has 7 nitrogen and oxygen atoms in total. The molecule has 1 rings (SSSR count). The number of carbonyl (C=O) groups excluding carboxylic acids is 3. The molecule has 0 saturated heterocycles. The van der Waals surface area contributed by atoms with E-state index in [1.807, 2.05) is 30.3 Å². The van der Waals surface area contributed by atoms with E-state index in [4.69, 9.17) is 4.74 Å². The Balaban J connectivity index is 2.48. The van der Waals surface area contributed by atoms with E-state index < -0.39 is 24.1 Å². The van der Waals surface area contributed by atoms with Gasteiger partial charge < -0.3 is 19.5 Å². The van der Waals surface area contributed by atoms with Crippen LogP contribution in [0.5, 0.6) is 0 Å². The van der Waals surface area contributed by atoms with Crippen LogP contribution < -0.4 is 5.32 Å². The van der Waals surface area contributed by atoms with Crippen molar-refractivity contribution in [1.29, 1.82) is 0 Å². The molecule has 0 spiro atoms. The molecule has 0 saturated carbocycles. The molecule has 0 radical (unpaired) electrons. The van der Waals surface area contributed by atoms with Crippen LogP contribution in [0.15, 0.2) is 30.3 Å². The number of hydrogen-bond donors (Lipinski definition) is 1. The molecule has 0 fully saturated rings. The zero-order chi connectivity index (χ0) is 16.4. The van der Waals surface area contributed by atoms with Crippen molar-refractivity contribution in [1.82, 2.24) is 5.32 Å².